The van der Waals surface area contributed by atoms with Gasteiger partial charge in [-0.1, -0.05) is 45.0 Å². The maximum atomic E-state index is 13.4. The summed E-state index contributed by atoms with van der Waals surface area (Å²) in [6.07, 6.45) is 1.88. The minimum atomic E-state index is -0.410. The lowest BCUT2D eigenvalue weighted by molar-refractivity contribution is -0.132. The second-order valence-electron chi connectivity index (χ2n) is 13.0. The summed E-state index contributed by atoms with van der Waals surface area (Å²) in [5.74, 6) is 2.52. The van der Waals surface area contributed by atoms with Crippen molar-refractivity contribution < 1.29 is 19.1 Å². The zero-order chi connectivity index (χ0) is 33.8. The number of aromatic nitrogens is 3. The molecule has 3 aromatic carbocycles. The van der Waals surface area contributed by atoms with Crippen molar-refractivity contribution in [3.05, 3.63) is 96.4 Å². The first-order chi connectivity index (χ1) is 23.1. The number of anilines is 2. The molecule has 0 bridgehead atoms. The maximum Gasteiger partial charge on any atom is 0.324 e. The quantitative estimate of drug-likeness (QED) is 0.198. The number of hydrogen-bond donors (Lipinski definition) is 2. The first kappa shape index (κ1) is 32.5. The largest absolute Gasteiger partial charge is 0.497 e. The molecule has 1 fully saturated rings. The molecule has 248 valence electrons. The number of piperazine rings is 1. The van der Waals surface area contributed by atoms with Gasteiger partial charge in [0.05, 0.1) is 36.3 Å². The van der Waals surface area contributed by atoms with Gasteiger partial charge < -0.3 is 24.6 Å². The molecule has 11 nitrogen and oxygen atoms in total. The lowest BCUT2D eigenvalue weighted by Crippen LogP contribution is -2.47. The van der Waals surface area contributed by atoms with E-state index >= 15 is 0 Å². The van der Waals surface area contributed by atoms with Crippen LogP contribution < -0.4 is 20.1 Å². The molecule has 11 heteroatoms. The fourth-order valence-electron chi connectivity index (χ4n) is 5.56. The summed E-state index contributed by atoms with van der Waals surface area (Å²) < 4.78 is 13.4. The summed E-state index contributed by atoms with van der Waals surface area (Å²) in [6.45, 7) is 9.42. The van der Waals surface area contributed by atoms with Gasteiger partial charge in [0.2, 0.25) is 5.91 Å². The minimum absolute atomic E-state index is 0.0635. The highest BCUT2D eigenvalue weighted by Crippen LogP contribution is 2.35. The monoisotopic (exact) mass is 647 g/mol. The molecule has 3 amide bonds. The van der Waals surface area contributed by atoms with E-state index in [1.54, 1.807) is 30.1 Å². The maximum absolute atomic E-state index is 13.4. The number of urea groups is 1. The first-order valence-electron chi connectivity index (χ1n) is 16.0. The van der Waals surface area contributed by atoms with Gasteiger partial charge in [-0.3, -0.25) is 15.1 Å². The molecule has 2 aromatic heterocycles. The predicted octanol–water partition coefficient (Wildman–Crippen LogP) is 6.48. The van der Waals surface area contributed by atoms with E-state index in [1.165, 1.54) is 0 Å². The number of nitrogens with zero attached hydrogens (tertiary/aromatic N) is 5. The normalized spacial score (nSPS) is 13.7. The van der Waals surface area contributed by atoms with Crippen LogP contribution >= 0.6 is 0 Å². The molecule has 3 heterocycles. The molecule has 48 heavy (non-hydrogen) atoms. The van der Waals surface area contributed by atoms with Crippen molar-refractivity contribution in [2.75, 3.05) is 51.0 Å². The Morgan fingerprint density at radius 2 is 1.58 bits per heavy atom. The summed E-state index contributed by atoms with van der Waals surface area (Å²) in [7, 11) is 3.69. The van der Waals surface area contributed by atoms with Gasteiger partial charge in [-0.05, 0) is 49.5 Å². The number of methoxy groups -OCH3 is 1. The summed E-state index contributed by atoms with van der Waals surface area (Å²) in [5.41, 5.74) is 2.67. The van der Waals surface area contributed by atoms with Crippen LogP contribution in [0.5, 0.6) is 17.2 Å². The molecule has 5 aromatic rings. The van der Waals surface area contributed by atoms with E-state index in [1.807, 2.05) is 71.6 Å². The number of ether oxygens (including phenoxy) is 2. The number of nitrogens with one attached hydrogen (secondary N) is 2. The third kappa shape index (κ3) is 7.42. The molecule has 0 aliphatic carbocycles. The van der Waals surface area contributed by atoms with Gasteiger partial charge in [-0.25, -0.2) is 9.48 Å². The Morgan fingerprint density at radius 3 is 2.29 bits per heavy atom. The summed E-state index contributed by atoms with van der Waals surface area (Å²) in [5, 5.41) is 12.4. The van der Waals surface area contributed by atoms with E-state index in [9.17, 15) is 9.59 Å². The minimum Gasteiger partial charge on any atom is -0.497 e. The Labute approximate surface area is 280 Å². The average molecular weight is 648 g/mol. The predicted molar refractivity (Wildman–Crippen MR) is 187 cm³/mol. The Morgan fingerprint density at radius 1 is 0.854 bits per heavy atom. The molecule has 6 rings (SSSR count). The highest BCUT2D eigenvalue weighted by molar-refractivity contribution is 6.07. The molecule has 1 aliphatic rings. The van der Waals surface area contributed by atoms with Crippen LogP contribution in [-0.2, 0) is 16.6 Å². The van der Waals surface area contributed by atoms with Crippen molar-refractivity contribution in [2.45, 2.75) is 32.6 Å². The SMILES string of the molecule is COc1ccc(-n2nc(C(C)(C)C)cc2NC(=O)Nc2ccc(Oc3ccnc(CC(=O)N4CCN(C)CC4)c3)c3ccccc23)cc1. The van der Waals surface area contributed by atoms with Crippen LogP contribution in [0.4, 0.5) is 16.3 Å². The smallest absolute Gasteiger partial charge is 0.324 e. The topological polar surface area (TPSA) is 114 Å². The van der Waals surface area contributed by atoms with Crippen molar-refractivity contribution in [2.24, 2.45) is 0 Å². The number of likely N-dealkylation sites (N-methyl/N-ethyl adjacent to an activating group) is 1. The van der Waals surface area contributed by atoms with Crippen molar-refractivity contribution >= 4 is 34.2 Å². The summed E-state index contributed by atoms with van der Waals surface area (Å²) in [6, 6.07) is 23.9. The van der Waals surface area contributed by atoms with Crippen molar-refractivity contribution in [1.29, 1.82) is 0 Å². The number of benzene rings is 3. The average Bonchev–Trinajstić information content (AvgIpc) is 3.51. The number of carbonyl (C=O) groups excluding carboxylic acids is 2. The standard InChI is InChI=1S/C37H41N7O4/c1-37(2,3)33-24-34(44(41-33)26-10-12-27(47-5)13-11-26)40-36(46)39-31-14-15-32(30-9-7-6-8-29(30)31)48-28-16-17-38-25(22-28)23-35(45)43-20-18-42(4)19-21-43/h6-17,22,24H,18-21,23H2,1-5H3,(H2,39,40,46). The van der Waals surface area contributed by atoms with Crippen LogP contribution in [0.15, 0.2) is 85.1 Å². The molecule has 0 unspecified atom stereocenters. The van der Waals surface area contributed by atoms with E-state index in [-0.39, 0.29) is 17.7 Å². The Hall–Kier alpha value is -5.42. The van der Waals surface area contributed by atoms with E-state index < -0.39 is 6.03 Å². The van der Waals surface area contributed by atoms with Crippen molar-refractivity contribution in [3.63, 3.8) is 0 Å². The molecule has 1 aliphatic heterocycles. The fraction of sp³-hybridized carbons (Fsp3) is 0.297. The molecule has 0 atom stereocenters. The van der Waals surface area contributed by atoms with Crippen LogP contribution in [-0.4, -0.2) is 76.8 Å². The van der Waals surface area contributed by atoms with Gasteiger partial charge in [0.25, 0.3) is 0 Å². The molecule has 0 radical (unpaired) electrons. The van der Waals surface area contributed by atoms with Crippen LogP contribution in [0.1, 0.15) is 32.2 Å². The first-order valence-corrected chi connectivity index (χ1v) is 16.0. The second-order valence-corrected chi connectivity index (χ2v) is 13.0. The lowest BCUT2D eigenvalue weighted by atomic mass is 9.92. The molecule has 0 spiro atoms. The molecule has 1 saturated heterocycles. The second kappa shape index (κ2) is 13.7. The molecule has 2 N–H and O–H groups in total. The fourth-order valence-corrected chi connectivity index (χ4v) is 5.56. The van der Waals surface area contributed by atoms with E-state index in [0.717, 1.165) is 54.1 Å². The van der Waals surface area contributed by atoms with E-state index in [4.69, 9.17) is 14.6 Å². The highest BCUT2D eigenvalue weighted by Gasteiger charge is 2.23. The van der Waals surface area contributed by atoms with Crippen molar-refractivity contribution in [1.82, 2.24) is 24.6 Å². The highest BCUT2D eigenvalue weighted by atomic mass is 16.5. The van der Waals surface area contributed by atoms with Crippen LogP contribution in [0.3, 0.4) is 0 Å². The van der Waals surface area contributed by atoms with Gasteiger partial charge in [-0.2, -0.15) is 5.10 Å². The molecular formula is C37H41N7O4. The van der Waals surface area contributed by atoms with Crippen LogP contribution in [0.2, 0.25) is 0 Å². The number of pyridine rings is 1. The molecule has 0 saturated carbocycles. The Bertz CT molecular complexity index is 1920. The van der Waals surface area contributed by atoms with Gasteiger partial charge in [0.15, 0.2) is 0 Å². The van der Waals surface area contributed by atoms with E-state index in [0.29, 0.717) is 28.7 Å². The van der Waals surface area contributed by atoms with Crippen LogP contribution in [0.25, 0.3) is 16.5 Å². The number of fused-ring (bicyclic) bond motifs is 1. The van der Waals surface area contributed by atoms with Crippen LogP contribution in [0, 0.1) is 0 Å². The van der Waals surface area contributed by atoms with Gasteiger partial charge in [0, 0.05) is 60.7 Å². The Kier molecular flexibility index (Phi) is 9.31. The zero-order valence-electron chi connectivity index (χ0n) is 28.0. The number of hydrogen-bond acceptors (Lipinski definition) is 7. The van der Waals surface area contributed by atoms with Gasteiger partial charge in [0.1, 0.15) is 23.1 Å². The lowest BCUT2D eigenvalue weighted by Gasteiger charge is -2.32. The summed E-state index contributed by atoms with van der Waals surface area (Å²) >= 11 is 0. The van der Waals surface area contributed by atoms with Gasteiger partial charge >= 0.3 is 6.03 Å². The third-order valence-corrected chi connectivity index (χ3v) is 8.37. The van der Waals surface area contributed by atoms with Gasteiger partial charge in [-0.15, -0.1) is 0 Å². The number of rotatable bonds is 8. The summed E-state index contributed by atoms with van der Waals surface area (Å²) in [4.78, 5) is 34.9. The number of amides is 3. The van der Waals surface area contributed by atoms with E-state index in [2.05, 4.69) is 48.3 Å². The molecular weight excluding hydrogens is 606 g/mol. The third-order valence-electron chi connectivity index (χ3n) is 8.37. The number of carbonyl (C=O) groups is 2. The zero-order valence-corrected chi connectivity index (χ0v) is 28.0. The van der Waals surface area contributed by atoms with Crippen molar-refractivity contribution in [3.8, 4) is 22.9 Å². The Balaban J connectivity index is 1.19.